The highest BCUT2D eigenvalue weighted by Crippen LogP contribution is 2.30. The number of pyridine rings is 1. The fourth-order valence-corrected chi connectivity index (χ4v) is 2.11. The van der Waals surface area contributed by atoms with Gasteiger partial charge in [0.2, 0.25) is 5.44 Å². The van der Waals surface area contributed by atoms with Gasteiger partial charge in [-0.1, -0.05) is 18.5 Å². The van der Waals surface area contributed by atoms with E-state index in [0.717, 1.165) is 11.8 Å². The van der Waals surface area contributed by atoms with Gasteiger partial charge in [-0.3, -0.25) is 4.98 Å². The van der Waals surface area contributed by atoms with Crippen molar-refractivity contribution in [3.63, 3.8) is 0 Å². The molecule has 0 aliphatic rings. The van der Waals surface area contributed by atoms with Crippen LogP contribution in [0.4, 0.5) is 0 Å². The molecule has 0 saturated carbocycles. The van der Waals surface area contributed by atoms with Crippen LogP contribution in [0.2, 0.25) is 5.02 Å². The standard InChI is InChI=1S/C15H16ClNO3S/c1-3-9(2)19-14(18)15(21)20-12-7-6-11(16)10-5-4-8-17-13(10)12/h4-9,15,21H,3H2,1-2H3. The lowest BCUT2D eigenvalue weighted by molar-refractivity contribution is -0.152. The SMILES string of the molecule is CCC(C)OC(=O)C(S)Oc1ccc(Cl)c2cccnc12. The van der Waals surface area contributed by atoms with Gasteiger partial charge in [0.15, 0.2) is 0 Å². The molecule has 112 valence electrons. The quantitative estimate of drug-likeness (QED) is 0.515. The van der Waals surface area contributed by atoms with Gasteiger partial charge in [0, 0.05) is 11.6 Å². The second kappa shape index (κ2) is 7.00. The summed E-state index contributed by atoms with van der Waals surface area (Å²) < 4.78 is 10.7. The van der Waals surface area contributed by atoms with Gasteiger partial charge in [0.1, 0.15) is 11.3 Å². The first-order chi connectivity index (χ1) is 10.0. The van der Waals surface area contributed by atoms with Crippen molar-refractivity contribution < 1.29 is 14.3 Å². The van der Waals surface area contributed by atoms with Crippen LogP contribution in [-0.4, -0.2) is 22.5 Å². The van der Waals surface area contributed by atoms with Crippen molar-refractivity contribution in [2.75, 3.05) is 0 Å². The Morgan fingerprint density at radius 2 is 2.19 bits per heavy atom. The van der Waals surface area contributed by atoms with Crippen LogP contribution >= 0.6 is 24.2 Å². The zero-order chi connectivity index (χ0) is 15.4. The maximum absolute atomic E-state index is 11.8. The molecule has 0 fully saturated rings. The summed E-state index contributed by atoms with van der Waals surface area (Å²) in [5.74, 6) is -0.0807. The average molecular weight is 326 g/mol. The van der Waals surface area contributed by atoms with Crippen molar-refractivity contribution in [3.05, 3.63) is 35.5 Å². The predicted octanol–water partition coefficient (Wildman–Crippen LogP) is 3.86. The number of benzene rings is 1. The average Bonchev–Trinajstić information content (AvgIpc) is 2.50. The molecule has 2 atom stereocenters. The second-order valence-electron chi connectivity index (χ2n) is 4.57. The maximum atomic E-state index is 11.8. The molecule has 2 rings (SSSR count). The number of rotatable bonds is 5. The number of carbonyl (C=O) groups excluding carboxylic acids is 1. The lowest BCUT2D eigenvalue weighted by Gasteiger charge is -2.17. The van der Waals surface area contributed by atoms with Crippen LogP contribution in [-0.2, 0) is 9.53 Å². The van der Waals surface area contributed by atoms with E-state index in [1.165, 1.54) is 0 Å². The summed E-state index contributed by atoms with van der Waals surface area (Å²) >= 11 is 10.3. The molecule has 0 radical (unpaired) electrons. The Balaban J connectivity index is 2.20. The summed E-state index contributed by atoms with van der Waals surface area (Å²) in [7, 11) is 0. The summed E-state index contributed by atoms with van der Waals surface area (Å²) in [5, 5.41) is 1.33. The smallest absolute Gasteiger partial charge is 0.358 e. The Morgan fingerprint density at radius 3 is 2.90 bits per heavy atom. The minimum atomic E-state index is -1.01. The summed E-state index contributed by atoms with van der Waals surface area (Å²) in [6.45, 7) is 3.75. The van der Waals surface area contributed by atoms with Crippen LogP contribution in [0, 0.1) is 0 Å². The molecule has 0 amide bonds. The van der Waals surface area contributed by atoms with Crippen LogP contribution in [0.25, 0.3) is 10.9 Å². The molecular weight excluding hydrogens is 310 g/mol. The molecule has 2 aromatic rings. The van der Waals surface area contributed by atoms with Gasteiger partial charge >= 0.3 is 5.97 Å². The molecule has 1 heterocycles. The van der Waals surface area contributed by atoms with Crippen LogP contribution in [0.1, 0.15) is 20.3 Å². The van der Waals surface area contributed by atoms with E-state index in [2.05, 4.69) is 17.6 Å². The number of halogens is 1. The van der Waals surface area contributed by atoms with Crippen LogP contribution < -0.4 is 4.74 Å². The van der Waals surface area contributed by atoms with Crippen molar-refractivity contribution in [3.8, 4) is 5.75 Å². The van der Waals surface area contributed by atoms with Gasteiger partial charge in [0.05, 0.1) is 11.1 Å². The molecule has 4 nitrogen and oxygen atoms in total. The summed E-state index contributed by atoms with van der Waals surface area (Å²) in [6, 6.07) is 6.98. The van der Waals surface area contributed by atoms with Gasteiger partial charge in [-0.25, -0.2) is 4.79 Å². The van der Waals surface area contributed by atoms with E-state index in [1.807, 2.05) is 19.9 Å². The van der Waals surface area contributed by atoms with Crippen molar-refractivity contribution in [1.29, 1.82) is 0 Å². The van der Waals surface area contributed by atoms with Gasteiger partial charge in [0.25, 0.3) is 0 Å². The minimum absolute atomic E-state index is 0.171. The normalized spacial score (nSPS) is 13.7. The van der Waals surface area contributed by atoms with Crippen molar-refractivity contribution in [2.24, 2.45) is 0 Å². The fourth-order valence-electron chi connectivity index (χ4n) is 1.72. The van der Waals surface area contributed by atoms with E-state index in [1.54, 1.807) is 24.4 Å². The van der Waals surface area contributed by atoms with E-state index in [9.17, 15) is 4.79 Å². The van der Waals surface area contributed by atoms with E-state index >= 15 is 0 Å². The Bertz CT molecular complexity index is 650. The van der Waals surface area contributed by atoms with Crippen LogP contribution in [0.3, 0.4) is 0 Å². The van der Waals surface area contributed by atoms with Crippen LogP contribution in [0.15, 0.2) is 30.5 Å². The van der Waals surface area contributed by atoms with Gasteiger partial charge in [-0.05, 0) is 37.6 Å². The van der Waals surface area contributed by atoms with E-state index in [0.29, 0.717) is 16.3 Å². The molecule has 21 heavy (non-hydrogen) atoms. The summed E-state index contributed by atoms with van der Waals surface area (Å²) in [6.07, 6.45) is 2.20. The molecule has 0 aliphatic carbocycles. The number of fused-ring (bicyclic) bond motifs is 1. The van der Waals surface area contributed by atoms with E-state index in [4.69, 9.17) is 21.1 Å². The third-order valence-corrected chi connectivity index (χ3v) is 3.66. The number of esters is 1. The topological polar surface area (TPSA) is 48.4 Å². The third-order valence-electron chi connectivity index (χ3n) is 3.01. The monoisotopic (exact) mass is 325 g/mol. The number of nitrogens with zero attached hydrogens (tertiary/aromatic N) is 1. The maximum Gasteiger partial charge on any atom is 0.358 e. The van der Waals surface area contributed by atoms with Gasteiger partial charge in [-0.15, -0.1) is 12.6 Å². The molecule has 0 spiro atoms. The van der Waals surface area contributed by atoms with Crippen LogP contribution in [0.5, 0.6) is 5.75 Å². The van der Waals surface area contributed by atoms with Gasteiger partial charge < -0.3 is 9.47 Å². The largest absolute Gasteiger partial charge is 0.466 e. The number of hydrogen-bond acceptors (Lipinski definition) is 5. The number of hydrogen-bond donors (Lipinski definition) is 1. The number of aromatic nitrogens is 1. The molecule has 0 N–H and O–H groups in total. The lowest BCUT2D eigenvalue weighted by atomic mass is 10.2. The molecule has 6 heteroatoms. The Morgan fingerprint density at radius 1 is 1.43 bits per heavy atom. The first-order valence-corrected chi connectivity index (χ1v) is 7.50. The summed E-state index contributed by atoms with van der Waals surface area (Å²) in [4.78, 5) is 16.1. The predicted molar refractivity (Wildman–Crippen MR) is 86.0 cm³/mol. The molecule has 1 aromatic carbocycles. The first-order valence-electron chi connectivity index (χ1n) is 6.61. The zero-order valence-electron chi connectivity index (χ0n) is 11.7. The Labute approximate surface area is 133 Å². The second-order valence-corrected chi connectivity index (χ2v) is 5.45. The number of carbonyl (C=O) groups is 1. The molecule has 2 unspecified atom stereocenters. The minimum Gasteiger partial charge on any atom is -0.466 e. The Hall–Kier alpha value is -1.46. The van der Waals surface area contributed by atoms with Crippen molar-refractivity contribution in [1.82, 2.24) is 4.98 Å². The molecular formula is C15H16ClNO3S. The number of thiol groups is 1. The molecule has 0 bridgehead atoms. The van der Waals surface area contributed by atoms with Gasteiger partial charge in [-0.2, -0.15) is 0 Å². The highest BCUT2D eigenvalue weighted by atomic mass is 35.5. The zero-order valence-corrected chi connectivity index (χ0v) is 13.4. The molecule has 0 saturated heterocycles. The lowest BCUT2D eigenvalue weighted by Crippen LogP contribution is -2.27. The number of ether oxygens (including phenoxy) is 2. The summed E-state index contributed by atoms with van der Waals surface area (Å²) in [5.41, 5.74) is -0.425. The fraction of sp³-hybridized carbons (Fsp3) is 0.333. The van der Waals surface area contributed by atoms with Crippen molar-refractivity contribution >= 4 is 41.1 Å². The van der Waals surface area contributed by atoms with Crippen molar-refractivity contribution in [2.45, 2.75) is 31.8 Å². The Kier molecular flexibility index (Phi) is 5.31. The first kappa shape index (κ1) is 15.9. The van der Waals surface area contributed by atoms with E-state index in [-0.39, 0.29) is 6.10 Å². The molecule has 0 aliphatic heterocycles. The molecule has 1 aromatic heterocycles. The third kappa shape index (κ3) is 3.80. The van der Waals surface area contributed by atoms with E-state index < -0.39 is 11.4 Å². The highest BCUT2D eigenvalue weighted by molar-refractivity contribution is 7.81. The highest BCUT2D eigenvalue weighted by Gasteiger charge is 2.21.